The van der Waals surface area contributed by atoms with Gasteiger partial charge in [0.05, 0.1) is 12.1 Å². The molecule has 1 N–H and O–H groups in total. The molecule has 1 aromatic rings. The fourth-order valence-electron chi connectivity index (χ4n) is 4.10. The van der Waals surface area contributed by atoms with Crippen LogP contribution in [0.4, 0.5) is 4.79 Å². The Morgan fingerprint density at radius 1 is 1.20 bits per heavy atom. The molecule has 1 saturated carbocycles. The van der Waals surface area contributed by atoms with Crippen LogP contribution in [0.3, 0.4) is 0 Å². The van der Waals surface area contributed by atoms with Crippen molar-refractivity contribution in [2.75, 3.05) is 13.1 Å². The first-order valence-electron chi connectivity index (χ1n) is 9.55. The van der Waals surface area contributed by atoms with Gasteiger partial charge in [-0.3, -0.25) is 4.79 Å². The first-order chi connectivity index (χ1) is 12.1. The molecule has 3 amide bonds. The summed E-state index contributed by atoms with van der Waals surface area (Å²) in [6, 6.07) is 4.23. The number of furan rings is 1. The average Bonchev–Trinajstić information content (AvgIpc) is 3.30. The molecule has 1 aromatic heterocycles. The number of rotatable bonds is 3. The van der Waals surface area contributed by atoms with Crippen molar-refractivity contribution in [1.82, 2.24) is 15.1 Å². The summed E-state index contributed by atoms with van der Waals surface area (Å²) in [7, 11) is 0. The lowest BCUT2D eigenvalue weighted by Gasteiger charge is -2.30. The molecule has 2 saturated heterocycles. The number of likely N-dealkylation sites (tertiary alicyclic amines) is 2. The molecule has 4 rings (SSSR count). The summed E-state index contributed by atoms with van der Waals surface area (Å²) >= 11 is 0. The zero-order chi connectivity index (χ0) is 17.4. The molecule has 25 heavy (non-hydrogen) atoms. The standard InChI is InChI=1S/C19H27N3O3/c1-13-6-9-17(25-13)16-5-3-2-4-10-21(16)19(24)20-14-11-18(23)22(12-14)15-7-8-15/h6,9,14-16H,2-5,7-8,10-12H2,1H3,(H,20,24)/t14-,16+/m1/s1. The molecule has 6 heteroatoms. The molecule has 1 aliphatic carbocycles. The van der Waals surface area contributed by atoms with Crippen LogP contribution in [-0.2, 0) is 4.79 Å². The van der Waals surface area contributed by atoms with Crippen molar-refractivity contribution in [3.63, 3.8) is 0 Å². The number of carbonyl (C=O) groups is 2. The van der Waals surface area contributed by atoms with Gasteiger partial charge in [-0.2, -0.15) is 0 Å². The van der Waals surface area contributed by atoms with Crippen molar-refractivity contribution >= 4 is 11.9 Å². The average molecular weight is 345 g/mol. The maximum Gasteiger partial charge on any atom is 0.318 e. The Kier molecular flexibility index (Phi) is 4.44. The second kappa shape index (κ2) is 6.73. The fraction of sp³-hybridized carbons (Fsp3) is 0.684. The molecule has 6 nitrogen and oxygen atoms in total. The van der Waals surface area contributed by atoms with Crippen LogP contribution in [0, 0.1) is 6.92 Å². The predicted octanol–water partition coefficient (Wildman–Crippen LogP) is 2.98. The molecule has 0 spiro atoms. The highest BCUT2D eigenvalue weighted by Crippen LogP contribution is 2.33. The minimum atomic E-state index is -0.0668. The zero-order valence-electron chi connectivity index (χ0n) is 14.9. The molecule has 136 valence electrons. The monoisotopic (exact) mass is 345 g/mol. The second-order valence-corrected chi connectivity index (χ2v) is 7.63. The van der Waals surface area contributed by atoms with Gasteiger partial charge in [0.25, 0.3) is 0 Å². The van der Waals surface area contributed by atoms with Gasteiger partial charge in [-0.1, -0.05) is 12.8 Å². The van der Waals surface area contributed by atoms with Gasteiger partial charge in [-0.25, -0.2) is 4.79 Å². The van der Waals surface area contributed by atoms with E-state index in [9.17, 15) is 9.59 Å². The van der Waals surface area contributed by atoms with E-state index in [-0.39, 0.29) is 24.0 Å². The van der Waals surface area contributed by atoms with Gasteiger partial charge < -0.3 is 19.5 Å². The van der Waals surface area contributed by atoms with Crippen molar-refractivity contribution in [2.24, 2.45) is 0 Å². The van der Waals surface area contributed by atoms with E-state index in [1.54, 1.807) is 0 Å². The Morgan fingerprint density at radius 2 is 2.04 bits per heavy atom. The Bertz CT molecular complexity index is 652. The second-order valence-electron chi connectivity index (χ2n) is 7.63. The highest BCUT2D eigenvalue weighted by atomic mass is 16.3. The lowest BCUT2D eigenvalue weighted by molar-refractivity contribution is -0.128. The number of aryl methyl sites for hydroxylation is 1. The minimum absolute atomic E-state index is 0.00663. The number of urea groups is 1. The summed E-state index contributed by atoms with van der Waals surface area (Å²) in [4.78, 5) is 28.9. The Morgan fingerprint density at radius 3 is 2.76 bits per heavy atom. The largest absolute Gasteiger partial charge is 0.464 e. The van der Waals surface area contributed by atoms with Crippen LogP contribution in [0.1, 0.15) is 62.5 Å². The molecule has 0 aromatic carbocycles. The van der Waals surface area contributed by atoms with E-state index in [2.05, 4.69) is 5.32 Å². The maximum absolute atomic E-state index is 12.9. The number of nitrogens with zero attached hydrogens (tertiary/aromatic N) is 2. The van der Waals surface area contributed by atoms with Crippen LogP contribution in [0.25, 0.3) is 0 Å². The van der Waals surface area contributed by atoms with Crippen LogP contribution in [0.5, 0.6) is 0 Å². The van der Waals surface area contributed by atoms with Crippen molar-refractivity contribution in [3.05, 3.63) is 23.7 Å². The summed E-state index contributed by atoms with van der Waals surface area (Å²) in [5.41, 5.74) is 0. The molecule has 0 unspecified atom stereocenters. The number of nitrogens with one attached hydrogen (secondary N) is 1. The van der Waals surface area contributed by atoms with E-state index in [4.69, 9.17) is 4.42 Å². The van der Waals surface area contributed by atoms with Crippen molar-refractivity contribution in [1.29, 1.82) is 0 Å². The molecule has 2 atom stereocenters. The topological polar surface area (TPSA) is 65.8 Å². The summed E-state index contributed by atoms with van der Waals surface area (Å²) in [6.07, 6.45) is 6.83. The summed E-state index contributed by atoms with van der Waals surface area (Å²) in [5.74, 6) is 1.93. The van der Waals surface area contributed by atoms with E-state index in [1.807, 2.05) is 28.9 Å². The fourth-order valence-corrected chi connectivity index (χ4v) is 4.10. The van der Waals surface area contributed by atoms with Crippen molar-refractivity contribution in [2.45, 2.75) is 70.0 Å². The molecular weight excluding hydrogens is 318 g/mol. The molecule has 3 fully saturated rings. The van der Waals surface area contributed by atoms with Gasteiger partial charge in [-0.05, 0) is 44.7 Å². The molecule has 0 bridgehead atoms. The first-order valence-corrected chi connectivity index (χ1v) is 9.55. The van der Waals surface area contributed by atoms with Gasteiger partial charge in [0.2, 0.25) is 5.91 Å². The third-order valence-corrected chi connectivity index (χ3v) is 5.58. The molecule has 3 aliphatic rings. The summed E-state index contributed by atoms with van der Waals surface area (Å²) < 4.78 is 5.82. The molecule has 0 radical (unpaired) electrons. The third-order valence-electron chi connectivity index (χ3n) is 5.58. The quantitative estimate of drug-likeness (QED) is 0.916. The number of amides is 3. The SMILES string of the molecule is Cc1ccc([C@@H]2CCCCCN2C(=O)N[C@@H]2CC(=O)N(C3CC3)C2)o1. The van der Waals surface area contributed by atoms with Crippen molar-refractivity contribution < 1.29 is 14.0 Å². The van der Waals surface area contributed by atoms with Crippen LogP contribution >= 0.6 is 0 Å². The number of hydrogen-bond acceptors (Lipinski definition) is 3. The van der Waals surface area contributed by atoms with Gasteiger partial charge in [0, 0.05) is 25.6 Å². The van der Waals surface area contributed by atoms with Gasteiger partial charge >= 0.3 is 6.03 Å². The van der Waals surface area contributed by atoms with E-state index < -0.39 is 0 Å². The minimum Gasteiger partial charge on any atom is -0.464 e. The lowest BCUT2D eigenvalue weighted by Crippen LogP contribution is -2.47. The number of hydrogen-bond donors (Lipinski definition) is 1. The molecule has 3 heterocycles. The Labute approximate surface area is 148 Å². The zero-order valence-corrected chi connectivity index (χ0v) is 14.9. The van der Waals surface area contributed by atoms with E-state index in [0.717, 1.165) is 56.6 Å². The van der Waals surface area contributed by atoms with E-state index >= 15 is 0 Å². The van der Waals surface area contributed by atoms with Crippen LogP contribution < -0.4 is 5.32 Å². The number of carbonyl (C=O) groups excluding carboxylic acids is 2. The highest BCUT2D eigenvalue weighted by molar-refractivity contribution is 5.82. The van der Waals surface area contributed by atoms with Gasteiger partial charge in [-0.15, -0.1) is 0 Å². The third kappa shape index (κ3) is 3.53. The van der Waals surface area contributed by atoms with E-state index in [1.165, 1.54) is 0 Å². The highest BCUT2D eigenvalue weighted by Gasteiger charge is 2.40. The van der Waals surface area contributed by atoms with Crippen LogP contribution in [0.15, 0.2) is 16.5 Å². The van der Waals surface area contributed by atoms with Crippen molar-refractivity contribution in [3.8, 4) is 0 Å². The van der Waals surface area contributed by atoms with Gasteiger partial charge in [0.1, 0.15) is 11.5 Å². The molecule has 2 aliphatic heterocycles. The first kappa shape index (κ1) is 16.5. The Balaban J connectivity index is 1.44. The van der Waals surface area contributed by atoms with Crippen LogP contribution in [-0.4, -0.2) is 46.9 Å². The smallest absolute Gasteiger partial charge is 0.318 e. The molecular formula is C19H27N3O3. The normalized spacial score (nSPS) is 27.5. The maximum atomic E-state index is 12.9. The predicted molar refractivity (Wildman–Crippen MR) is 93.0 cm³/mol. The lowest BCUT2D eigenvalue weighted by atomic mass is 10.1. The van der Waals surface area contributed by atoms with Crippen LogP contribution in [0.2, 0.25) is 0 Å². The summed E-state index contributed by atoms with van der Waals surface area (Å²) in [6.45, 7) is 3.33. The Hall–Kier alpha value is -1.98. The van der Waals surface area contributed by atoms with Gasteiger partial charge in [0.15, 0.2) is 0 Å². The van der Waals surface area contributed by atoms with E-state index in [0.29, 0.717) is 19.0 Å². The summed E-state index contributed by atoms with van der Waals surface area (Å²) in [5, 5.41) is 3.11.